The van der Waals surface area contributed by atoms with E-state index in [1.807, 2.05) is 37.3 Å². The largest absolute Gasteiger partial charge is 0.385 e. The molecule has 4 heteroatoms. The van der Waals surface area contributed by atoms with Crippen LogP contribution in [0.5, 0.6) is 0 Å². The number of rotatable bonds is 6. The number of carbonyl (C=O) groups is 1. The van der Waals surface area contributed by atoms with E-state index in [1.165, 1.54) is 0 Å². The molecule has 2 rings (SSSR count). The van der Waals surface area contributed by atoms with Crippen molar-refractivity contribution in [2.24, 2.45) is 0 Å². The molecule has 1 amide bonds. The molecule has 0 aliphatic heterocycles. The van der Waals surface area contributed by atoms with Crippen LogP contribution in [0.3, 0.4) is 0 Å². The van der Waals surface area contributed by atoms with Gasteiger partial charge in [0.2, 0.25) is 0 Å². The lowest BCUT2D eigenvalue weighted by atomic mass is 10.1. The normalized spacial score (nSPS) is 10.9. The molecule has 0 saturated heterocycles. The minimum absolute atomic E-state index is 0.103. The molecule has 0 bridgehead atoms. The number of hydrogen-bond donors (Lipinski definition) is 2. The molecule has 1 heterocycles. The standard InChI is InChI=1S/C17H23N3O/c1-4-12(5-2)19-17(21)16-11-15(18-6-3)13-9-7-8-10-14(13)20-16/h7-12H,4-6H2,1-3H3,(H,18,20)(H,19,21). The lowest BCUT2D eigenvalue weighted by Crippen LogP contribution is -2.34. The summed E-state index contributed by atoms with van der Waals surface area (Å²) in [7, 11) is 0. The molecule has 2 N–H and O–H groups in total. The number of anilines is 1. The Labute approximate surface area is 126 Å². The number of nitrogens with one attached hydrogen (secondary N) is 2. The number of carbonyl (C=O) groups excluding carboxylic acids is 1. The van der Waals surface area contributed by atoms with Crippen molar-refractivity contribution in [3.05, 3.63) is 36.0 Å². The molecule has 0 aliphatic rings. The third kappa shape index (κ3) is 3.51. The Bertz CT molecular complexity index is 620. The number of aromatic nitrogens is 1. The van der Waals surface area contributed by atoms with Crippen LogP contribution in [0.4, 0.5) is 5.69 Å². The summed E-state index contributed by atoms with van der Waals surface area (Å²) in [4.78, 5) is 16.9. The summed E-state index contributed by atoms with van der Waals surface area (Å²) in [6.45, 7) is 7.00. The Hall–Kier alpha value is -2.10. The second kappa shape index (κ2) is 7.07. The topological polar surface area (TPSA) is 54.0 Å². The van der Waals surface area contributed by atoms with Crippen molar-refractivity contribution in [2.45, 2.75) is 39.7 Å². The van der Waals surface area contributed by atoms with E-state index in [9.17, 15) is 4.79 Å². The van der Waals surface area contributed by atoms with Gasteiger partial charge in [-0.2, -0.15) is 0 Å². The fraction of sp³-hybridized carbons (Fsp3) is 0.412. The van der Waals surface area contributed by atoms with Gasteiger partial charge < -0.3 is 10.6 Å². The van der Waals surface area contributed by atoms with Crippen molar-refractivity contribution in [1.29, 1.82) is 0 Å². The molecular formula is C17H23N3O. The molecule has 0 unspecified atom stereocenters. The van der Waals surface area contributed by atoms with Crippen LogP contribution in [0, 0.1) is 0 Å². The quantitative estimate of drug-likeness (QED) is 0.853. The predicted molar refractivity (Wildman–Crippen MR) is 87.7 cm³/mol. The second-order valence-electron chi connectivity index (χ2n) is 5.09. The molecule has 0 aliphatic carbocycles. The third-order valence-corrected chi connectivity index (χ3v) is 3.64. The van der Waals surface area contributed by atoms with Gasteiger partial charge in [-0.15, -0.1) is 0 Å². The van der Waals surface area contributed by atoms with Crippen LogP contribution in [-0.2, 0) is 0 Å². The molecule has 0 radical (unpaired) electrons. The molecule has 4 nitrogen and oxygen atoms in total. The van der Waals surface area contributed by atoms with Gasteiger partial charge in [0.05, 0.1) is 5.52 Å². The highest BCUT2D eigenvalue weighted by molar-refractivity contribution is 5.99. The molecule has 1 aromatic heterocycles. The molecule has 2 aromatic rings. The van der Waals surface area contributed by atoms with Crippen LogP contribution in [0.2, 0.25) is 0 Å². The van der Waals surface area contributed by atoms with Gasteiger partial charge in [-0.25, -0.2) is 4.98 Å². The molecule has 1 aromatic carbocycles. The number of nitrogens with zero attached hydrogens (tertiary/aromatic N) is 1. The van der Waals surface area contributed by atoms with E-state index >= 15 is 0 Å². The van der Waals surface area contributed by atoms with Crippen molar-refractivity contribution >= 4 is 22.5 Å². The van der Waals surface area contributed by atoms with Gasteiger partial charge >= 0.3 is 0 Å². The fourth-order valence-electron chi connectivity index (χ4n) is 2.38. The third-order valence-electron chi connectivity index (χ3n) is 3.64. The molecule has 21 heavy (non-hydrogen) atoms. The van der Waals surface area contributed by atoms with E-state index in [1.54, 1.807) is 0 Å². The van der Waals surface area contributed by atoms with Gasteiger partial charge in [0.25, 0.3) is 5.91 Å². The summed E-state index contributed by atoms with van der Waals surface area (Å²) in [5.41, 5.74) is 2.26. The van der Waals surface area contributed by atoms with Crippen LogP contribution in [0.25, 0.3) is 10.9 Å². The Balaban J connectivity index is 2.37. The number of para-hydroxylation sites is 1. The van der Waals surface area contributed by atoms with Crippen molar-refractivity contribution in [3.63, 3.8) is 0 Å². The highest BCUT2D eigenvalue weighted by Crippen LogP contribution is 2.23. The summed E-state index contributed by atoms with van der Waals surface area (Å²) >= 11 is 0. The minimum Gasteiger partial charge on any atom is -0.385 e. The summed E-state index contributed by atoms with van der Waals surface area (Å²) in [6.07, 6.45) is 1.85. The molecule has 0 saturated carbocycles. The summed E-state index contributed by atoms with van der Waals surface area (Å²) in [6, 6.07) is 9.91. The first-order chi connectivity index (χ1) is 10.2. The molecule has 0 atom stereocenters. The first kappa shape index (κ1) is 15.3. The summed E-state index contributed by atoms with van der Waals surface area (Å²) in [5.74, 6) is -0.103. The number of hydrogen-bond acceptors (Lipinski definition) is 3. The zero-order valence-corrected chi connectivity index (χ0v) is 12.9. The van der Waals surface area contributed by atoms with Crippen molar-refractivity contribution < 1.29 is 4.79 Å². The molecule has 0 spiro atoms. The van der Waals surface area contributed by atoms with E-state index in [0.29, 0.717) is 5.69 Å². The Morgan fingerprint density at radius 1 is 1.19 bits per heavy atom. The van der Waals surface area contributed by atoms with Gasteiger partial charge in [0.1, 0.15) is 5.69 Å². The maximum Gasteiger partial charge on any atom is 0.270 e. The summed E-state index contributed by atoms with van der Waals surface area (Å²) in [5, 5.41) is 7.38. The smallest absolute Gasteiger partial charge is 0.270 e. The zero-order valence-electron chi connectivity index (χ0n) is 12.9. The highest BCUT2D eigenvalue weighted by atomic mass is 16.1. The lowest BCUT2D eigenvalue weighted by molar-refractivity contribution is 0.0930. The molecule has 112 valence electrons. The fourth-order valence-corrected chi connectivity index (χ4v) is 2.38. The lowest BCUT2D eigenvalue weighted by Gasteiger charge is -2.15. The Morgan fingerprint density at radius 3 is 2.57 bits per heavy atom. The maximum absolute atomic E-state index is 12.4. The highest BCUT2D eigenvalue weighted by Gasteiger charge is 2.14. The number of benzene rings is 1. The number of amides is 1. The van der Waals surface area contributed by atoms with Crippen molar-refractivity contribution in [2.75, 3.05) is 11.9 Å². The van der Waals surface area contributed by atoms with Gasteiger partial charge in [-0.3, -0.25) is 4.79 Å². The van der Waals surface area contributed by atoms with Crippen LogP contribution in [0.1, 0.15) is 44.1 Å². The Kier molecular flexibility index (Phi) is 5.14. The van der Waals surface area contributed by atoms with Gasteiger partial charge in [-0.1, -0.05) is 32.0 Å². The van der Waals surface area contributed by atoms with Gasteiger partial charge in [-0.05, 0) is 31.9 Å². The van der Waals surface area contributed by atoms with Crippen LogP contribution in [-0.4, -0.2) is 23.5 Å². The first-order valence-corrected chi connectivity index (χ1v) is 7.64. The SMILES string of the molecule is CCNc1cc(C(=O)NC(CC)CC)nc2ccccc12. The average molecular weight is 285 g/mol. The van der Waals surface area contributed by atoms with E-state index in [-0.39, 0.29) is 11.9 Å². The van der Waals surface area contributed by atoms with E-state index < -0.39 is 0 Å². The first-order valence-electron chi connectivity index (χ1n) is 7.64. The van der Waals surface area contributed by atoms with E-state index in [4.69, 9.17) is 0 Å². The Morgan fingerprint density at radius 2 is 1.90 bits per heavy atom. The van der Waals surface area contributed by atoms with Crippen LogP contribution < -0.4 is 10.6 Å². The van der Waals surface area contributed by atoms with Gasteiger partial charge in [0.15, 0.2) is 0 Å². The number of pyridine rings is 1. The summed E-state index contributed by atoms with van der Waals surface area (Å²) < 4.78 is 0. The average Bonchev–Trinajstić information content (AvgIpc) is 2.52. The van der Waals surface area contributed by atoms with Gasteiger partial charge in [0, 0.05) is 23.7 Å². The van der Waals surface area contributed by atoms with Crippen molar-refractivity contribution in [3.8, 4) is 0 Å². The minimum atomic E-state index is -0.103. The number of fused-ring (bicyclic) bond motifs is 1. The second-order valence-corrected chi connectivity index (χ2v) is 5.09. The zero-order chi connectivity index (χ0) is 15.2. The monoisotopic (exact) mass is 285 g/mol. The molecule has 0 fully saturated rings. The van der Waals surface area contributed by atoms with E-state index in [2.05, 4.69) is 29.5 Å². The predicted octanol–water partition coefficient (Wildman–Crippen LogP) is 3.59. The van der Waals surface area contributed by atoms with Crippen LogP contribution >= 0.6 is 0 Å². The van der Waals surface area contributed by atoms with Crippen LogP contribution in [0.15, 0.2) is 30.3 Å². The van der Waals surface area contributed by atoms with E-state index in [0.717, 1.165) is 36.0 Å². The maximum atomic E-state index is 12.4. The van der Waals surface area contributed by atoms with Crippen molar-refractivity contribution in [1.82, 2.24) is 10.3 Å². The molecular weight excluding hydrogens is 262 g/mol.